The molecular formula is C21H24F2N2O2. The lowest BCUT2D eigenvalue weighted by molar-refractivity contribution is -0.126. The fourth-order valence-corrected chi connectivity index (χ4v) is 3.45. The molecule has 27 heavy (non-hydrogen) atoms. The number of nitrogens with one attached hydrogen (secondary N) is 1. The van der Waals surface area contributed by atoms with Crippen LogP contribution in [0.3, 0.4) is 0 Å². The first kappa shape index (κ1) is 19.5. The molecule has 0 bridgehead atoms. The SMILES string of the molecule is CC(O)(CNC(=O)C1CCCN1Cc1ccccc1F)c1ccc(F)cc1. The second kappa shape index (κ2) is 8.15. The van der Waals surface area contributed by atoms with Gasteiger partial charge in [0, 0.05) is 12.1 Å². The minimum Gasteiger partial charge on any atom is -0.384 e. The van der Waals surface area contributed by atoms with Crippen molar-refractivity contribution < 1.29 is 18.7 Å². The number of aliphatic hydroxyl groups is 1. The van der Waals surface area contributed by atoms with E-state index in [1.165, 1.54) is 30.3 Å². The second-order valence-corrected chi connectivity index (χ2v) is 7.22. The Balaban J connectivity index is 1.61. The van der Waals surface area contributed by atoms with Gasteiger partial charge < -0.3 is 10.4 Å². The Morgan fingerprint density at radius 2 is 1.93 bits per heavy atom. The van der Waals surface area contributed by atoms with Crippen LogP contribution < -0.4 is 5.32 Å². The van der Waals surface area contributed by atoms with Crippen molar-refractivity contribution in [2.75, 3.05) is 13.1 Å². The first-order valence-electron chi connectivity index (χ1n) is 9.10. The molecule has 2 N–H and O–H groups in total. The molecule has 144 valence electrons. The number of rotatable bonds is 6. The Morgan fingerprint density at radius 1 is 1.22 bits per heavy atom. The van der Waals surface area contributed by atoms with Gasteiger partial charge in [-0.3, -0.25) is 9.69 Å². The minimum atomic E-state index is -1.31. The average Bonchev–Trinajstić information content (AvgIpc) is 3.10. The molecule has 2 aromatic carbocycles. The molecule has 2 unspecified atom stereocenters. The molecular weight excluding hydrogens is 350 g/mol. The van der Waals surface area contributed by atoms with Gasteiger partial charge in [0.25, 0.3) is 0 Å². The smallest absolute Gasteiger partial charge is 0.237 e. The summed E-state index contributed by atoms with van der Waals surface area (Å²) in [6.07, 6.45) is 1.56. The third-order valence-electron chi connectivity index (χ3n) is 5.07. The van der Waals surface area contributed by atoms with Gasteiger partial charge in [0.2, 0.25) is 5.91 Å². The number of likely N-dealkylation sites (tertiary alicyclic amines) is 1. The van der Waals surface area contributed by atoms with Crippen molar-refractivity contribution in [2.45, 2.75) is 38.0 Å². The Labute approximate surface area is 157 Å². The van der Waals surface area contributed by atoms with Crippen LogP contribution >= 0.6 is 0 Å². The molecule has 0 saturated carbocycles. The van der Waals surface area contributed by atoms with Crippen molar-refractivity contribution in [1.82, 2.24) is 10.2 Å². The van der Waals surface area contributed by atoms with E-state index in [1.54, 1.807) is 25.1 Å². The van der Waals surface area contributed by atoms with E-state index < -0.39 is 5.60 Å². The monoisotopic (exact) mass is 374 g/mol. The minimum absolute atomic E-state index is 0.0154. The van der Waals surface area contributed by atoms with Crippen molar-refractivity contribution >= 4 is 5.91 Å². The maximum atomic E-state index is 13.9. The lowest BCUT2D eigenvalue weighted by Gasteiger charge is -2.28. The van der Waals surface area contributed by atoms with Crippen LogP contribution in [0.15, 0.2) is 48.5 Å². The standard InChI is InChI=1S/C21H24F2N2O2/c1-21(27,16-8-10-17(22)11-9-16)14-24-20(26)19-7-4-12-25(19)13-15-5-2-3-6-18(15)23/h2-3,5-6,8-11,19,27H,4,7,12-14H2,1H3,(H,24,26). The molecule has 1 aliphatic rings. The molecule has 2 aromatic rings. The number of carbonyl (C=O) groups excluding carboxylic acids is 1. The number of nitrogens with zero attached hydrogens (tertiary/aromatic N) is 1. The maximum absolute atomic E-state index is 13.9. The number of hydrogen-bond donors (Lipinski definition) is 2. The molecule has 1 saturated heterocycles. The molecule has 1 fully saturated rings. The summed E-state index contributed by atoms with van der Waals surface area (Å²) < 4.78 is 27.0. The molecule has 0 aromatic heterocycles. The Kier molecular flexibility index (Phi) is 5.87. The highest BCUT2D eigenvalue weighted by atomic mass is 19.1. The lowest BCUT2D eigenvalue weighted by atomic mass is 9.96. The van der Waals surface area contributed by atoms with Crippen LogP contribution in [0.5, 0.6) is 0 Å². The van der Waals surface area contributed by atoms with E-state index in [0.29, 0.717) is 24.1 Å². The van der Waals surface area contributed by atoms with Crippen molar-refractivity contribution in [3.8, 4) is 0 Å². The van der Waals surface area contributed by atoms with E-state index in [1.807, 2.05) is 4.90 Å². The topological polar surface area (TPSA) is 52.6 Å². The summed E-state index contributed by atoms with van der Waals surface area (Å²) in [5.41, 5.74) is -0.215. The van der Waals surface area contributed by atoms with Gasteiger partial charge >= 0.3 is 0 Å². The van der Waals surface area contributed by atoms with Gasteiger partial charge in [-0.2, -0.15) is 0 Å². The highest BCUT2D eigenvalue weighted by Gasteiger charge is 2.32. The van der Waals surface area contributed by atoms with E-state index in [4.69, 9.17) is 0 Å². The Morgan fingerprint density at radius 3 is 2.63 bits per heavy atom. The zero-order valence-electron chi connectivity index (χ0n) is 15.3. The number of hydrogen-bond acceptors (Lipinski definition) is 3. The van der Waals surface area contributed by atoms with Gasteiger partial charge in [0.15, 0.2) is 0 Å². The number of halogens is 2. The van der Waals surface area contributed by atoms with Crippen molar-refractivity contribution in [3.05, 3.63) is 71.3 Å². The van der Waals surface area contributed by atoms with Crippen LogP contribution in [0, 0.1) is 11.6 Å². The molecule has 0 spiro atoms. The second-order valence-electron chi connectivity index (χ2n) is 7.22. The van der Waals surface area contributed by atoms with E-state index in [2.05, 4.69) is 5.32 Å². The van der Waals surface area contributed by atoms with Gasteiger partial charge in [-0.15, -0.1) is 0 Å². The zero-order chi connectivity index (χ0) is 19.4. The van der Waals surface area contributed by atoms with Gasteiger partial charge in [-0.25, -0.2) is 8.78 Å². The third-order valence-corrected chi connectivity index (χ3v) is 5.07. The van der Waals surface area contributed by atoms with Crippen LogP contribution in [-0.4, -0.2) is 35.0 Å². The summed E-state index contributed by atoms with van der Waals surface area (Å²) >= 11 is 0. The van der Waals surface area contributed by atoms with Gasteiger partial charge in [-0.1, -0.05) is 30.3 Å². The molecule has 4 nitrogen and oxygen atoms in total. The summed E-state index contributed by atoms with van der Waals surface area (Å²) in [4.78, 5) is 14.6. The zero-order valence-corrected chi connectivity index (χ0v) is 15.3. The molecule has 0 radical (unpaired) electrons. The Bertz CT molecular complexity index is 793. The summed E-state index contributed by atoms with van der Waals surface area (Å²) in [6.45, 7) is 2.69. The quantitative estimate of drug-likeness (QED) is 0.817. The molecule has 1 amide bonds. The molecule has 3 rings (SSSR count). The van der Waals surface area contributed by atoms with E-state index >= 15 is 0 Å². The third kappa shape index (κ3) is 4.70. The first-order chi connectivity index (χ1) is 12.9. The van der Waals surface area contributed by atoms with Crippen LogP contribution in [0.4, 0.5) is 8.78 Å². The molecule has 2 atom stereocenters. The lowest BCUT2D eigenvalue weighted by Crippen LogP contribution is -2.47. The predicted octanol–water partition coefficient (Wildman–Crippen LogP) is 2.95. The largest absolute Gasteiger partial charge is 0.384 e. The number of amides is 1. The fraction of sp³-hybridized carbons (Fsp3) is 0.381. The van der Waals surface area contributed by atoms with Gasteiger partial charge in [0.1, 0.15) is 17.2 Å². The fourth-order valence-electron chi connectivity index (χ4n) is 3.45. The summed E-state index contributed by atoms with van der Waals surface area (Å²) in [5.74, 6) is -0.845. The highest BCUT2D eigenvalue weighted by molar-refractivity contribution is 5.82. The highest BCUT2D eigenvalue weighted by Crippen LogP contribution is 2.23. The van der Waals surface area contributed by atoms with Crippen molar-refractivity contribution in [1.29, 1.82) is 0 Å². The molecule has 1 aliphatic heterocycles. The van der Waals surface area contributed by atoms with Gasteiger partial charge in [0.05, 0.1) is 12.6 Å². The van der Waals surface area contributed by atoms with E-state index in [-0.39, 0.29) is 30.1 Å². The average molecular weight is 374 g/mol. The van der Waals surface area contributed by atoms with E-state index in [0.717, 1.165) is 13.0 Å². The number of carbonyl (C=O) groups is 1. The first-order valence-corrected chi connectivity index (χ1v) is 9.10. The summed E-state index contributed by atoms with van der Waals surface area (Å²) in [5, 5.41) is 13.4. The van der Waals surface area contributed by atoms with Crippen LogP contribution in [0.1, 0.15) is 30.9 Å². The summed E-state index contributed by atoms with van der Waals surface area (Å²) in [6, 6.07) is 11.8. The normalized spacial score (nSPS) is 19.6. The maximum Gasteiger partial charge on any atom is 0.237 e. The molecule has 0 aliphatic carbocycles. The van der Waals surface area contributed by atoms with Crippen LogP contribution in [0.25, 0.3) is 0 Å². The Hall–Kier alpha value is -2.31. The predicted molar refractivity (Wildman–Crippen MR) is 98.8 cm³/mol. The van der Waals surface area contributed by atoms with Gasteiger partial charge in [-0.05, 0) is 50.1 Å². The number of benzene rings is 2. The van der Waals surface area contributed by atoms with Crippen LogP contribution in [-0.2, 0) is 16.9 Å². The van der Waals surface area contributed by atoms with E-state index in [9.17, 15) is 18.7 Å². The van der Waals surface area contributed by atoms with Crippen molar-refractivity contribution in [3.63, 3.8) is 0 Å². The molecule has 6 heteroatoms. The van der Waals surface area contributed by atoms with Crippen LogP contribution in [0.2, 0.25) is 0 Å². The molecule has 1 heterocycles. The van der Waals surface area contributed by atoms with Crippen molar-refractivity contribution in [2.24, 2.45) is 0 Å². The summed E-state index contributed by atoms with van der Waals surface area (Å²) in [7, 11) is 0.